The van der Waals surface area contributed by atoms with Crippen LogP contribution < -0.4 is 14.4 Å². The topological polar surface area (TPSA) is 65.3 Å². The van der Waals surface area contributed by atoms with Crippen molar-refractivity contribution in [2.24, 2.45) is 0 Å². The Morgan fingerprint density at radius 2 is 1.33 bits per heavy atom. The van der Waals surface area contributed by atoms with E-state index in [1.807, 2.05) is 41.5 Å². The van der Waals surface area contributed by atoms with Crippen LogP contribution in [0, 0.1) is 6.92 Å². The van der Waals surface area contributed by atoms with Gasteiger partial charge in [0.05, 0.1) is 5.30 Å². The highest BCUT2D eigenvalue weighted by Crippen LogP contribution is 2.34. The Labute approximate surface area is 175 Å². The largest absolute Gasteiger partial charge is 0.356 e. The SMILES string of the molecule is Cc1ccc(-[n+]2ccc(-c3cc[n+](Cc4ccccc4P(=O)(O)O)cc3)cc2)cc1. The van der Waals surface area contributed by atoms with E-state index in [1.54, 1.807) is 18.2 Å². The monoisotopic (exact) mass is 418 g/mol. The number of rotatable bonds is 5. The van der Waals surface area contributed by atoms with Gasteiger partial charge in [0.2, 0.25) is 5.69 Å². The molecule has 0 spiro atoms. The van der Waals surface area contributed by atoms with E-state index in [-0.39, 0.29) is 5.30 Å². The number of aromatic nitrogens is 2. The molecule has 150 valence electrons. The van der Waals surface area contributed by atoms with Crippen molar-refractivity contribution in [1.82, 2.24) is 0 Å². The predicted molar refractivity (Wildman–Crippen MR) is 116 cm³/mol. The fourth-order valence-electron chi connectivity index (χ4n) is 3.39. The first-order chi connectivity index (χ1) is 14.4. The Morgan fingerprint density at radius 1 is 0.767 bits per heavy atom. The zero-order valence-electron chi connectivity index (χ0n) is 16.6. The smallest absolute Gasteiger partial charge is 0.321 e. The van der Waals surface area contributed by atoms with Gasteiger partial charge in [0.25, 0.3) is 0 Å². The molecule has 6 heteroatoms. The van der Waals surface area contributed by atoms with E-state index < -0.39 is 7.60 Å². The molecule has 0 aliphatic carbocycles. The normalized spacial score (nSPS) is 11.4. The maximum absolute atomic E-state index is 11.7. The Kier molecular flexibility index (Phi) is 5.60. The van der Waals surface area contributed by atoms with Crippen molar-refractivity contribution < 1.29 is 23.5 Å². The van der Waals surface area contributed by atoms with Crippen molar-refractivity contribution in [2.75, 3.05) is 0 Å². The standard InChI is InChI=1S/C24H21N2O3P/c1-19-6-8-23(9-7-19)26-16-12-21(13-17-26)20-10-14-25(15-11-20)18-22-4-2-3-5-24(22)30(27,28)29/h2-17H,18H2,1H3/p+2. The Balaban J connectivity index is 1.53. The minimum atomic E-state index is -4.30. The summed E-state index contributed by atoms with van der Waals surface area (Å²) in [5, 5.41) is 0.0743. The van der Waals surface area contributed by atoms with Crippen molar-refractivity contribution >= 4 is 12.9 Å². The zero-order chi connectivity index (χ0) is 21.1. The molecule has 0 aliphatic rings. The summed E-state index contributed by atoms with van der Waals surface area (Å²) in [5.41, 5.74) is 5.13. The van der Waals surface area contributed by atoms with Crippen molar-refractivity contribution in [3.8, 4) is 16.8 Å². The van der Waals surface area contributed by atoms with Crippen LogP contribution in [0.1, 0.15) is 11.1 Å². The van der Waals surface area contributed by atoms with Crippen LogP contribution in [0.2, 0.25) is 0 Å². The Bertz CT molecular complexity index is 1200. The zero-order valence-corrected chi connectivity index (χ0v) is 17.5. The van der Waals surface area contributed by atoms with Gasteiger partial charge in [0, 0.05) is 42.0 Å². The predicted octanol–water partition coefficient (Wildman–Crippen LogP) is 3.08. The molecule has 4 rings (SSSR count). The summed E-state index contributed by atoms with van der Waals surface area (Å²) in [4.78, 5) is 19.1. The highest BCUT2D eigenvalue weighted by molar-refractivity contribution is 7.60. The quantitative estimate of drug-likeness (QED) is 0.387. The first-order valence-corrected chi connectivity index (χ1v) is 11.2. The van der Waals surface area contributed by atoms with Gasteiger partial charge in [-0.3, -0.25) is 4.57 Å². The van der Waals surface area contributed by atoms with Crippen LogP contribution in [0.4, 0.5) is 0 Å². The minimum absolute atomic E-state index is 0.0743. The van der Waals surface area contributed by atoms with Crippen LogP contribution in [0.25, 0.3) is 16.8 Å². The molecule has 0 atom stereocenters. The molecule has 2 aromatic heterocycles. The highest BCUT2D eigenvalue weighted by atomic mass is 31.2. The molecule has 0 aliphatic heterocycles. The molecule has 0 saturated carbocycles. The van der Waals surface area contributed by atoms with Crippen molar-refractivity contribution in [3.05, 3.63) is 109 Å². The summed E-state index contributed by atoms with van der Waals surface area (Å²) >= 11 is 0. The van der Waals surface area contributed by atoms with Gasteiger partial charge in [-0.1, -0.05) is 35.9 Å². The summed E-state index contributed by atoms with van der Waals surface area (Å²) in [7, 11) is -4.30. The summed E-state index contributed by atoms with van der Waals surface area (Å²) in [5.74, 6) is 0. The van der Waals surface area contributed by atoms with Crippen LogP contribution in [0.15, 0.2) is 97.6 Å². The van der Waals surface area contributed by atoms with E-state index in [2.05, 4.69) is 47.9 Å². The Morgan fingerprint density at radius 3 is 1.93 bits per heavy atom. The van der Waals surface area contributed by atoms with Crippen LogP contribution in [0.5, 0.6) is 0 Å². The van der Waals surface area contributed by atoms with Crippen LogP contribution in [-0.2, 0) is 11.1 Å². The number of nitrogens with zero attached hydrogens (tertiary/aromatic N) is 2. The average molecular weight is 418 g/mol. The molecule has 2 heterocycles. The van der Waals surface area contributed by atoms with Crippen LogP contribution in [0.3, 0.4) is 0 Å². The molecular formula is C24H23N2O3P+2. The first-order valence-electron chi connectivity index (χ1n) is 9.62. The van der Waals surface area contributed by atoms with E-state index in [0.717, 1.165) is 16.8 Å². The lowest BCUT2D eigenvalue weighted by Gasteiger charge is -2.08. The molecular weight excluding hydrogens is 395 g/mol. The number of hydrogen-bond acceptors (Lipinski definition) is 1. The molecule has 0 radical (unpaired) electrons. The number of hydrogen-bond donors (Lipinski definition) is 2. The molecule has 0 fully saturated rings. The van der Waals surface area contributed by atoms with Gasteiger partial charge in [-0.05, 0) is 24.1 Å². The molecule has 0 unspecified atom stereocenters. The summed E-state index contributed by atoms with van der Waals surface area (Å²) in [6.07, 6.45) is 7.92. The third-order valence-electron chi connectivity index (χ3n) is 5.04. The molecule has 30 heavy (non-hydrogen) atoms. The molecule has 0 bridgehead atoms. The third-order valence-corrected chi connectivity index (χ3v) is 6.11. The van der Waals surface area contributed by atoms with Gasteiger partial charge < -0.3 is 9.79 Å². The number of aryl methyl sites for hydroxylation is 1. The third kappa shape index (κ3) is 4.55. The van der Waals surface area contributed by atoms with E-state index >= 15 is 0 Å². The second-order valence-electron chi connectivity index (χ2n) is 7.26. The fraction of sp³-hybridized carbons (Fsp3) is 0.0833. The van der Waals surface area contributed by atoms with Crippen molar-refractivity contribution in [2.45, 2.75) is 13.5 Å². The Hall–Kier alpha value is -3.11. The van der Waals surface area contributed by atoms with E-state index in [0.29, 0.717) is 12.1 Å². The number of benzene rings is 2. The second kappa shape index (κ2) is 8.33. The highest BCUT2D eigenvalue weighted by Gasteiger charge is 2.22. The molecule has 5 nitrogen and oxygen atoms in total. The molecule has 4 aromatic rings. The second-order valence-corrected chi connectivity index (χ2v) is 8.83. The van der Waals surface area contributed by atoms with E-state index in [1.165, 1.54) is 11.6 Å². The summed E-state index contributed by atoms with van der Waals surface area (Å²) < 4.78 is 15.7. The van der Waals surface area contributed by atoms with E-state index in [9.17, 15) is 14.4 Å². The van der Waals surface area contributed by atoms with Crippen molar-refractivity contribution in [1.29, 1.82) is 0 Å². The molecule has 0 saturated heterocycles. The van der Waals surface area contributed by atoms with Crippen molar-refractivity contribution in [3.63, 3.8) is 0 Å². The number of pyridine rings is 2. The first kappa shape index (κ1) is 20.2. The summed E-state index contributed by atoms with van der Waals surface area (Å²) in [6.45, 7) is 2.47. The molecule has 2 aromatic carbocycles. The maximum Gasteiger partial charge on any atom is 0.356 e. The van der Waals surface area contributed by atoms with Gasteiger partial charge in [0.1, 0.15) is 0 Å². The van der Waals surface area contributed by atoms with Crippen LogP contribution >= 0.6 is 7.60 Å². The van der Waals surface area contributed by atoms with Gasteiger partial charge >= 0.3 is 7.60 Å². The maximum atomic E-state index is 11.7. The molecule has 0 amide bonds. The van der Waals surface area contributed by atoms with Crippen LogP contribution in [-0.4, -0.2) is 9.79 Å². The average Bonchev–Trinajstić information content (AvgIpc) is 2.75. The lowest BCUT2D eigenvalue weighted by molar-refractivity contribution is -0.688. The fourth-order valence-corrected chi connectivity index (χ4v) is 4.19. The minimum Gasteiger partial charge on any atom is -0.321 e. The lowest BCUT2D eigenvalue weighted by atomic mass is 10.1. The summed E-state index contributed by atoms with van der Waals surface area (Å²) in [6, 6.07) is 23.2. The van der Waals surface area contributed by atoms with Gasteiger partial charge in [-0.25, -0.2) is 4.57 Å². The lowest BCUT2D eigenvalue weighted by Crippen LogP contribution is -2.35. The van der Waals surface area contributed by atoms with E-state index in [4.69, 9.17) is 0 Å². The van der Waals surface area contributed by atoms with Gasteiger partial charge in [0.15, 0.2) is 31.3 Å². The van der Waals surface area contributed by atoms with Gasteiger partial charge in [-0.2, -0.15) is 4.57 Å². The van der Waals surface area contributed by atoms with Gasteiger partial charge in [-0.15, -0.1) is 0 Å². The molecule has 2 N–H and O–H groups in total.